The van der Waals surface area contributed by atoms with Gasteiger partial charge in [0.2, 0.25) is 5.91 Å². The first-order valence-corrected chi connectivity index (χ1v) is 8.23. The molecule has 2 rings (SSSR count). The molecule has 0 saturated heterocycles. The van der Waals surface area contributed by atoms with Crippen LogP contribution in [0.25, 0.3) is 0 Å². The summed E-state index contributed by atoms with van der Waals surface area (Å²) in [7, 11) is 0. The molecular formula is C17H19F2NO2S. The van der Waals surface area contributed by atoms with E-state index in [2.05, 4.69) is 5.32 Å². The van der Waals surface area contributed by atoms with Gasteiger partial charge in [-0.2, -0.15) is 0 Å². The maximum atomic E-state index is 13.5. The molecule has 1 heterocycles. The first kappa shape index (κ1) is 17.6. The number of rotatable bonds is 7. The minimum atomic E-state index is -1.40. The van der Waals surface area contributed by atoms with E-state index in [1.54, 1.807) is 11.3 Å². The van der Waals surface area contributed by atoms with Gasteiger partial charge in [-0.3, -0.25) is 4.79 Å². The standard InChI is InChI=1S/C17H19F2NO2S/c1-11-8-9-12(23-11)4-2-7-16(22)20-10-15(21)17-13(18)5-3-6-14(17)19/h3,5-6,8-9,15,21H,2,4,7,10H2,1H3,(H,20,22). The van der Waals surface area contributed by atoms with Crippen molar-refractivity contribution in [2.45, 2.75) is 32.3 Å². The molecule has 1 aromatic carbocycles. The van der Waals surface area contributed by atoms with Gasteiger partial charge in [-0.25, -0.2) is 8.78 Å². The van der Waals surface area contributed by atoms with Gasteiger partial charge in [-0.05, 0) is 44.0 Å². The van der Waals surface area contributed by atoms with E-state index in [0.29, 0.717) is 12.8 Å². The Morgan fingerprint density at radius 2 is 1.96 bits per heavy atom. The number of carbonyl (C=O) groups excluding carboxylic acids is 1. The summed E-state index contributed by atoms with van der Waals surface area (Å²) in [6, 6.07) is 7.46. The number of amides is 1. The highest BCUT2D eigenvalue weighted by Gasteiger charge is 2.18. The Morgan fingerprint density at radius 1 is 1.26 bits per heavy atom. The first-order chi connectivity index (χ1) is 11.0. The monoisotopic (exact) mass is 339 g/mol. The van der Waals surface area contributed by atoms with Crippen LogP contribution in [0, 0.1) is 18.6 Å². The van der Waals surface area contributed by atoms with E-state index >= 15 is 0 Å². The lowest BCUT2D eigenvalue weighted by atomic mass is 10.1. The average molecular weight is 339 g/mol. The molecule has 1 unspecified atom stereocenters. The van der Waals surface area contributed by atoms with Crippen molar-refractivity contribution in [2.75, 3.05) is 6.54 Å². The quantitative estimate of drug-likeness (QED) is 0.811. The van der Waals surface area contributed by atoms with Crippen LogP contribution in [0.1, 0.15) is 34.3 Å². The van der Waals surface area contributed by atoms with Crippen LogP contribution in [-0.2, 0) is 11.2 Å². The van der Waals surface area contributed by atoms with Crippen LogP contribution in [0.2, 0.25) is 0 Å². The van der Waals surface area contributed by atoms with Gasteiger partial charge in [0.15, 0.2) is 0 Å². The second-order valence-electron chi connectivity index (χ2n) is 5.32. The highest BCUT2D eigenvalue weighted by Crippen LogP contribution is 2.20. The maximum absolute atomic E-state index is 13.5. The summed E-state index contributed by atoms with van der Waals surface area (Å²) < 4.78 is 27.0. The molecule has 2 N–H and O–H groups in total. The number of aliphatic hydroxyl groups excluding tert-OH is 1. The second-order valence-corrected chi connectivity index (χ2v) is 6.69. The van der Waals surface area contributed by atoms with Crippen LogP contribution in [-0.4, -0.2) is 17.6 Å². The van der Waals surface area contributed by atoms with E-state index in [-0.39, 0.29) is 12.5 Å². The van der Waals surface area contributed by atoms with Crippen LogP contribution in [0.5, 0.6) is 0 Å². The zero-order valence-corrected chi connectivity index (χ0v) is 13.6. The zero-order valence-electron chi connectivity index (χ0n) is 12.8. The Hall–Kier alpha value is -1.79. The lowest BCUT2D eigenvalue weighted by Gasteiger charge is -2.13. The van der Waals surface area contributed by atoms with E-state index in [1.807, 2.05) is 19.1 Å². The molecule has 6 heteroatoms. The number of aryl methyl sites for hydroxylation is 2. The molecule has 3 nitrogen and oxygen atoms in total. The SMILES string of the molecule is Cc1ccc(CCCC(=O)NCC(O)c2c(F)cccc2F)s1. The third-order valence-corrected chi connectivity index (χ3v) is 4.51. The van der Waals surface area contributed by atoms with Gasteiger partial charge in [0.1, 0.15) is 17.7 Å². The fourth-order valence-electron chi connectivity index (χ4n) is 2.27. The van der Waals surface area contributed by atoms with Crippen molar-refractivity contribution in [2.24, 2.45) is 0 Å². The number of carbonyl (C=O) groups is 1. The molecule has 0 fully saturated rings. The van der Waals surface area contributed by atoms with E-state index < -0.39 is 23.3 Å². The number of hydrogen-bond acceptors (Lipinski definition) is 3. The van der Waals surface area contributed by atoms with E-state index in [1.165, 1.54) is 15.8 Å². The van der Waals surface area contributed by atoms with E-state index in [4.69, 9.17) is 0 Å². The smallest absolute Gasteiger partial charge is 0.220 e. The fraction of sp³-hybridized carbons (Fsp3) is 0.353. The summed E-state index contributed by atoms with van der Waals surface area (Å²) in [4.78, 5) is 14.2. The normalized spacial score (nSPS) is 12.2. The Bertz CT molecular complexity index is 652. The predicted octanol–water partition coefficient (Wildman–Crippen LogP) is 3.51. The predicted molar refractivity (Wildman–Crippen MR) is 86.3 cm³/mol. The molecule has 1 amide bonds. The molecule has 0 aliphatic rings. The molecule has 0 aliphatic carbocycles. The Morgan fingerprint density at radius 3 is 2.57 bits per heavy atom. The van der Waals surface area contributed by atoms with Gasteiger partial charge in [-0.1, -0.05) is 6.07 Å². The van der Waals surface area contributed by atoms with Gasteiger partial charge < -0.3 is 10.4 Å². The average Bonchev–Trinajstić information content (AvgIpc) is 2.90. The molecule has 0 saturated carbocycles. The summed E-state index contributed by atoms with van der Waals surface area (Å²) in [5.74, 6) is -1.88. The van der Waals surface area contributed by atoms with Gasteiger partial charge in [0.25, 0.3) is 0 Å². The van der Waals surface area contributed by atoms with Crippen LogP contribution in [0.15, 0.2) is 30.3 Å². The van der Waals surface area contributed by atoms with Crippen LogP contribution < -0.4 is 5.32 Å². The topological polar surface area (TPSA) is 49.3 Å². The summed E-state index contributed by atoms with van der Waals surface area (Å²) >= 11 is 1.70. The number of aliphatic hydroxyl groups is 1. The highest BCUT2D eigenvalue weighted by molar-refractivity contribution is 7.11. The van der Waals surface area contributed by atoms with Crippen LogP contribution >= 0.6 is 11.3 Å². The lowest BCUT2D eigenvalue weighted by Crippen LogP contribution is -2.29. The summed E-state index contributed by atoms with van der Waals surface area (Å²) in [6.07, 6.45) is 0.413. The van der Waals surface area contributed by atoms with Crippen molar-refractivity contribution in [3.63, 3.8) is 0 Å². The zero-order chi connectivity index (χ0) is 16.8. The molecule has 1 aromatic heterocycles. The second kappa shape index (κ2) is 8.17. The van der Waals surface area contributed by atoms with Crippen molar-refractivity contribution < 1.29 is 18.7 Å². The van der Waals surface area contributed by atoms with Crippen molar-refractivity contribution >= 4 is 17.2 Å². The molecular weight excluding hydrogens is 320 g/mol. The van der Waals surface area contributed by atoms with Gasteiger partial charge in [-0.15, -0.1) is 11.3 Å². The minimum absolute atomic E-state index is 0.213. The summed E-state index contributed by atoms with van der Waals surface area (Å²) in [5, 5.41) is 12.4. The summed E-state index contributed by atoms with van der Waals surface area (Å²) in [5.41, 5.74) is -0.415. The van der Waals surface area contributed by atoms with Gasteiger partial charge in [0, 0.05) is 22.7 Å². The van der Waals surface area contributed by atoms with Crippen LogP contribution in [0.4, 0.5) is 8.78 Å². The number of hydrogen-bond donors (Lipinski definition) is 2. The maximum Gasteiger partial charge on any atom is 0.220 e. The molecule has 0 radical (unpaired) electrons. The third kappa shape index (κ3) is 5.11. The van der Waals surface area contributed by atoms with E-state index in [0.717, 1.165) is 18.6 Å². The van der Waals surface area contributed by atoms with Crippen molar-refractivity contribution in [3.05, 3.63) is 57.3 Å². The number of nitrogens with one attached hydrogen (secondary N) is 1. The molecule has 124 valence electrons. The number of halogens is 2. The molecule has 0 aliphatic heterocycles. The minimum Gasteiger partial charge on any atom is -0.386 e. The van der Waals surface area contributed by atoms with Gasteiger partial charge in [0.05, 0.1) is 5.56 Å². The molecule has 2 aromatic rings. The van der Waals surface area contributed by atoms with Crippen molar-refractivity contribution in [1.82, 2.24) is 5.32 Å². The Labute approximate surface area is 138 Å². The Balaban J connectivity index is 1.75. The molecule has 0 bridgehead atoms. The fourth-order valence-corrected chi connectivity index (χ4v) is 3.20. The molecule has 23 heavy (non-hydrogen) atoms. The molecule has 1 atom stereocenters. The number of benzene rings is 1. The first-order valence-electron chi connectivity index (χ1n) is 7.41. The Kier molecular flexibility index (Phi) is 6.24. The van der Waals surface area contributed by atoms with Gasteiger partial charge >= 0.3 is 0 Å². The highest BCUT2D eigenvalue weighted by atomic mass is 32.1. The lowest BCUT2D eigenvalue weighted by molar-refractivity contribution is -0.121. The van der Waals surface area contributed by atoms with E-state index in [9.17, 15) is 18.7 Å². The summed E-state index contributed by atoms with van der Waals surface area (Å²) in [6.45, 7) is 1.82. The molecule has 0 spiro atoms. The van der Waals surface area contributed by atoms with Crippen LogP contribution in [0.3, 0.4) is 0 Å². The third-order valence-electron chi connectivity index (χ3n) is 3.45. The largest absolute Gasteiger partial charge is 0.386 e. The van der Waals surface area contributed by atoms with Crippen molar-refractivity contribution in [3.8, 4) is 0 Å². The number of thiophene rings is 1. The van der Waals surface area contributed by atoms with Crippen molar-refractivity contribution in [1.29, 1.82) is 0 Å².